The van der Waals surface area contributed by atoms with Gasteiger partial charge < -0.3 is 10.1 Å². The van der Waals surface area contributed by atoms with Crippen LogP contribution in [-0.4, -0.2) is 40.6 Å². The molecule has 1 atom stereocenters. The minimum absolute atomic E-state index is 0.0194. The number of carbonyl (C=O) groups is 1. The summed E-state index contributed by atoms with van der Waals surface area (Å²) in [5.41, 5.74) is 0.699. The highest BCUT2D eigenvalue weighted by molar-refractivity contribution is 7.92. The fraction of sp³-hybridized carbons (Fsp3) is 0.316. The number of methoxy groups -OCH3 is 1. The van der Waals surface area contributed by atoms with E-state index in [9.17, 15) is 17.6 Å². The number of anilines is 1. The predicted molar refractivity (Wildman–Crippen MR) is 102 cm³/mol. The fourth-order valence-electron chi connectivity index (χ4n) is 2.53. The molecule has 27 heavy (non-hydrogen) atoms. The lowest BCUT2D eigenvalue weighted by Crippen LogP contribution is -2.45. The zero-order chi connectivity index (χ0) is 20.0. The number of aryl methyl sites for hydroxylation is 1. The van der Waals surface area contributed by atoms with Crippen LogP contribution in [0.4, 0.5) is 10.1 Å². The standard InChI is InChI=1S/C19H23FN2O4S/c1-14-8-10-16(11-9-14)27(24,25)22(18-7-5-4-6-17(18)20)12-19(23)21-15(2)13-26-3/h4-11,15H,12-13H2,1-3H3,(H,21,23)/t15-/m1/s1. The molecule has 0 aromatic heterocycles. The number of hydrogen-bond donors (Lipinski definition) is 1. The van der Waals surface area contributed by atoms with Crippen LogP contribution in [0.1, 0.15) is 12.5 Å². The molecule has 0 aliphatic rings. The van der Waals surface area contributed by atoms with E-state index in [-0.39, 0.29) is 23.2 Å². The Morgan fingerprint density at radius 2 is 1.81 bits per heavy atom. The largest absolute Gasteiger partial charge is 0.383 e. The highest BCUT2D eigenvalue weighted by Crippen LogP contribution is 2.26. The highest BCUT2D eigenvalue weighted by Gasteiger charge is 2.29. The zero-order valence-corrected chi connectivity index (χ0v) is 16.3. The van der Waals surface area contributed by atoms with Crippen LogP contribution in [0.5, 0.6) is 0 Å². The van der Waals surface area contributed by atoms with Gasteiger partial charge in [0.1, 0.15) is 12.4 Å². The minimum atomic E-state index is -4.14. The van der Waals surface area contributed by atoms with E-state index in [0.717, 1.165) is 15.9 Å². The number of halogens is 1. The van der Waals surface area contributed by atoms with E-state index in [1.54, 1.807) is 19.1 Å². The predicted octanol–water partition coefficient (Wildman–Crippen LogP) is 2.48. The van der Waals surface area contributed by atoms with Gasteiger partial charge in [-0.3, -0.25) is 9.10 Å². The molecule has 0 saturated heterocycles. The number of ether oxygens (including phenoxy) is 1. The summed E-state index contributed by atoms with van der Waals surface area (Å²) < 4.78 is 46.3. The summed E-state index contributed by atoms with van der Waals surface area (Å²) in [6.07, 6.45) is 0. The average Bonchev–Trinajstić information content (AvgIpc) is 2.61. The van der Waals surface area contributed by atoms with Gasteiger partial charge in [-0.05, 0) is 38.1 Å². The molecule has 2 aromatic rings. The highest BCUT2D eigenvalue weighted by atomic mass is 32.2. The van der Waals surface area contributed by atoms with Crippen LogP contribution in [0.3, 0.4) is 0 Å². The van der Waals surface area contributed by atoms with Crippen LogP contribution < -0.4 is 9.62 Å². The van der Waals surface area contributed by atoms with Crippen molar-refractivity contribution in [2.45, 2.75) is 24.8 Å². The third-order valence-corrected chi connectivity index (χ3v) is 5.62. The Balaban J connectivity index is 2.40. The first-order valence-corrected chi connectivity index (χ1v) is 9.82. The maximum atomic E-state index is 14.3. The van der Waals surface area contributed by atoms with Crippen molar-refractivity contribution in [1.29, 1.82) is 0 Å². The van der Waals surface area contributed by atoms with E-state index in [0.29, 0.717) is 0 Å². The molecule has 0 bridgehead atoms. The van der Waals surface area contributed by atoms with Gasteiger partial charge in [0, 0.05) is 13.2 Å². The molecule has 2 rings (SSSR count). The van der Waals surface area contributed by atoms with E-state index in [2.05, 4.69) is 5.32 Å². The Labute approximate surface area is 159 Å². The number of carbonyl (C=O) groups excluding carboxylic acids is 1. The second-order valence-electron chi connectivity index (χ2n) is 6.20. The van der Waals surface area contributed by atoms with Crippen molar-refractivity contribution in [3.63, 3.8) is 0 Å². The monoisotopic (exact) mass is 394 g/mol. The lowest BCUT2D eigenvalue weighted by Gasteiger charge is -2.25. The molecular formula is C19H23FN2O4S. The first kappa shape index (κ1) is 20.9. The third-order valence-electron chi connectivity index (χ3n) is 3.84. The Morgan fingerprint density at radius 3 is 2.41 bits per heavy atom. The lowest BCUT2D eigenvalue weighted by molar-refractivity contribution is -0.120. The van der Waals surface area contributed by atoms with Crippen LogP contribution in [0.25, 0.3) is 0 Å². The van der Waals surface area contributed by atoms with Crippen molar-refractivity contribution in [3.8, 4) is 0 Å². The maximum Gasteiger partial charge on any atom is 0.264 e. The summed E-state index contributed by atoms with van der Waals surface area (Å²) in [5, 5.41) is 2.64. The van der Waals surface area contributed by atoms with Gasteiger partial charge in [-0.2, -0.15) is 0 Å². The van der Waals surface area contributed by atoms with E-state index >= 15 is 0 Å². The summed E-state index contributed by atoms with van der Waals surface area (Å²) in [6.45, 7) is 3.28. The molecule has 0 radical (unpaired) electrons. The molecule has 0 unspecified atom stereocenters. The molecule has 1 amide bonds. The lowest BCUT2D eigenvalue weighted by atomic mass is 10.2. The quantitative estimate of drug-likeness (QED) is 0.746. The van der Waals surface area contributed by atoms with Crippen molar-refractivity contribution >= 4 is 21.6 Å². The van der Waals surface area contributed by atoms with Gasteiger partial charge in [0.05, 0.1) is 17.2 Å². The van der Waals surface area contributed by atoms with E-state index in [1.165, 1.54) is 37.4 Å². The van der Waals surface area contributed by atoms with Gasteiger partial charge in [-0.25, -0.2) is 12.8 Å². The third kappa shape index (κ3) is 5.27. The number of para-hydroxylation sites is 1. The Hall–Kier alpha value is -2.45. The first-order valence-electron chi connectivity index (χ1n) is 8.38. The molecule has 8 heteroatoms. The van der Waals surface area contributed by atoms with Crippen LogP contribution in [0.15, 0.2) is 53.4 Å². The number of hydrogen-bond acceptors (Lipinski definition) is 4. The first-order chi connectivity index (χ1) is 12.8. The molecule has 0 spiro atoms. The molecule has 0 saturated carbocycles. The van der Waals surface area contributed by atoms with E-state index in [1.807, 2.05) is 6.92 Å². The van der Waals surface area contributed by atoms with E-state index < -0.39 is 28.3 Å². The van der Waals surface area contributed by atoms with Crippen molar-refractivity contribution in [3.05, 3.63) is 59.9 Å². The second-order valence-corrected chi connectivity index (χ2v) is 8.06. The summed E-state index contributed by atoms with van der Waals surface area (Å²) in [5.74, 6) is -1.29. The Kier molecular flexibility index (Phi) is 6.92. The average molecular weight is 394 g/mol. The summed E-state index contributed by atoms with van der Waals surface area (Å²) in [4.78, 5) is 12.3. The van der Waals surface area contributed by atoms with Crippen molar-refractivity contribution < 1.29 is 22.3 Å². The van der Waals surface area contributed by atoms with Crippen LogP contribution in [0, 0.1) is 12.7 Å². The maximum absolute atomic E-state index is 14.3. The zero-order valence-electron chi connectivity index (χ0n) is 15.5. The molecule has 0 aliphatic carbocycles. The number of nitrogens with one attached hydrogen (secondary N) is 1. The van der Waals surface area contributed by atoms with Crippen LogP contribution in [-0.2, 0) is 19.6 Å². The fourth-order valence-corrected chi connectivity index (χ4v) is 3.96. The Morgan fingerprint density at radius 1 is 1.19 bits per heavy atom. The molecule has 0 fully saturated rings. The molecule has 0 heterocycles. The number of nitrogens with zero attached hydrogens (tertiary/aromatic N) is 1. The topological polar surface area (TPSA) is 75.7 Å². The number of sulfonamides is 1. The number of rotatable bonds is 8. The second kappa shape index (κ2) is 8.96. The van der Waals surface area contributed by atoms with Gasteiger partial charge in [0.25, 0.3) is 10.0 Å². The minimum Gasteiger partial charge on any atom is -0.383 e. The molecule has 1 N–H and O–H groups in total. The summed E-state index contributed by atoms with van der Waals surface area (Å²) >= 11 is 0. The van der Waals surface area contributed by atoms with Gasteiger partial charge in [-0.1, -0.05) is 29.8 Å². The van der Waals surface area contributed by atoms with Crippen LogP contribution >= 0.6 is 0 Å². The summed E-state index contributed by atoms with van der Waals surface area (Å²) in [7, 11) is -2.64. The molecular weight excluding hydrogens is 371 g/mol. The summed E-state index contributed by atoms with van der Waals surface area (Å²) in [6, 6.07) is 11.3. The van der Waals surface area contributed by atoms with Crippen molar-refractivity contribution in [2.24, 2.45) is 0 Å². The van der Waals surface area contributed by atoms with Crippen molar-refractivity contribution in [1.82, 2.24) is 5.32 Å². The molecule has 146 valence electrons. The van der Waals surface area contributed by atoms with Gasteiger partial charge in [0.15, 0.2) is 0 Å². The van der Waals surface area contributed by atoms with Crippen LogP contribution in [0.2, 0.25) is 0 Å². The van der Waals surface area contributed by atoms with Gasteiger partial charge in [0.2, 0.25) is 5.91 Å². The van der Waals surface area contributed by atoms with Gasteiger partial charge in [-0.15, -0.1) is 0 Å². The molecule has 0 aliphatic heterocycles. The normalized spacial score (nSPS) is 12.4. The SMILES string of the molecule is COC[C@@H](C)NC(=O)CN(c1ccccc1F)S(=O)(=O)c1ccc(C)cc1. The number of amides is 1. The number of benzene rings is 2. The van der Waals surface area contributed by atoms with Crippen molar-refractivity contribution in [2.75, 3.05) is 24.6 Å². The van der Waals surface area contributed by atoms with E-state index in [4.69, 9.17) is 4.74 Å². The molecule has 2 aromatic carbocycles. The Bertz CT molecular complexity index is 885. The smallest absolute Gasteiger partial charge is 0.264 e. The van der Waals surface area contributed by atoms with Gasteiger partial charge >= 0.3 is 0 Å². The molecule has 6 nitrogen and oxygen atoms in total.